The topological polar surface area (TPSA) is 100 Å². The summed E-state index contributed by atoms with van der Waals surface area (Å²) in [6.07, 6.45) is 1.68. The maximum atomic E-state index is 11.5. The molecule has 0 bridgehead atoms. The summed E-state index contributed by atoms with van der Waals surface area (Å²) in [5, 5.41) is 18.3. The van der Waals surface area contributed by atoms with Crippen LogP contribution in [0.2, 0.25) is 0 Å². The van der Waals surface area contributed by atoms with E-state index in [4.69, 9.17) is 4.74 Å². The number of hydrogen-bond acceptors (Lipinski definition) is 6. The zero-order valence-electron chi connectivity index (χ0n) is 10.9. The van der Waals surface area contributed by atoms with E-state index in [0.717, 1.165) is 0 Å². The quantitative estimate of drug-likeness (QED) is 0.466. The molecule has 0 fully saturated rings. The van der Waals surface area contributed by atoms with E-state index >= 15 is 0 Å². The molecular weight excluding hydrogens is 264 g/mol. The molecule has 0 atom stereocenters. The minimum atomic E-state index is -0.557. The van der Waals surface area contributed by atoms with Crippen molar-refractivity contribution < 1.29 is 14.5 Å². The van der Waals surface area contributed by atoms with Gasteiger partial charge in [0, 0.05) is 19.2 Å². The summed E-state index contributed by atoms with van der Waals surface area (Å²) in [6.45, 7) is 1.46. The number of rotatable bonds is 5. The van der Waals surface area contributed by atoms with Crippen LogP contribution in [0.3, 0.4) is 0 Å². The van der Waals surface area contributed by atoms with E-state index in [9.17, 15) is 14.9 Å². The van der Waals surface area contributed by atoms with Gasteiger partial charge in [0.15, 0.2) is 5.78 Å². The van der Waals surface area contributed by atoms with Crippen LogP contribution in [0.1, 0.15) is 23.0 Å². The summed E-state index contributed by atoms with van der Waals surface area (Å²) >= 11 is 0. The van der Waals surface area contributed by atoms with Crippen molar-refractivity contribution in [2.45, 2.75) is 13.5 Å². The fourth-order valence-corrected chi connectivity index (χ4v) is 1.65. The van der Waals surface area contributed by atoms with Crippen molar-refractivity contribution in [1.29, 1.82) is 0 Å². The van der Waals surface area contributed by atoms with E-state index in [1.165, 1.54) is 29.8 Å². The first-order valence-corrected chi connectivity index (χ1v) is 5.74. The van der Waals surface area contributed by atoms with Crippen LogP contribution in [0.25, 0.3) is 0 Å². The van der Waals surface area contributed by atoms with Crippen molar-refractivity contribution in [2.75, 3.05) is 0 Å². The number of aromatic nitrogens is 3. The monoisotopic (exact) mass is 276 g/mol. The third-order valence-corrected chi connectivity index (χ3v) is 2.58. The van der Waals surface area contributed by atoms with Crippen molar-refractivity contribution in [1.82, 2.24) is 15.0 Å². The molecule has 0 aliphatic heterocycles. The molecule has 0 aliphatic carbocycles. The van der Waals surface area contributed by atoms with Crippen molar-refractivity contribution in [3.05, 3.63) is 45.8 Å². The lowest BCUT2D eigenvalue weighted by atomic mass is 10.1. The molecule has 8 heteroatoms. The molecule has 0 unspecified atom stereocenters. The molecule has 1 heterocycles. The fraction of sp³-hybridized carbons (Fsp3) is 0.250. The zero-order valence-corrected chi connectivity index (χ0v) is 10.9. The molecule has 0 saturated carbocycles. The number of ketones is 1. The molecule has 0 saturated heterocycles. The molecule has 0 aliphatic rings. The second-order valence-electron chi connectivity index (χ2n) is 4.17. The van der Waals surface area contributed by atoms with Crippen LogP contribution in [0.5, 0.6) is 5.75 Å². The zero-order chi connectivity index (χ0) is 14.7. The Morgan fingerprint density at radius 1 is 1.50 bits per heavy atom. The Bertz CT molecular complexity index is 665. The summed E-state index contributed by atoms with van der Waals surface area (Å²) in [7, 11) is 1.73. The van der Waals surface area contributed by atoms with Crippen molar-refractivity contribution in [3.8, 4) is 5.75 Å². The number of nitro benzene ring substituents is 1. The third kappa shape index (κ3) is 2.97. The molecule has 20 heavy (non-hydrogen) atoms. The number of nitro groups is 1. The van der Waals surface area contributed by atoms with Gasteiger partial charge in [-0.3, -0.25) is 19.6 Å². The second-order valence-corrected chi connectivity index (χ2v) is 4.17. The summed E-state index contributed by atoms with van der Waals surface area (Å²) in [6, 6.07) is 3.90. The lowest BCUT2D eigenvalue weighted by Crippen LogP contribution is -2.03. The number of aryl methyl sites for hydroxylation is 1. The van der Waals surface area contributed by atoms with Crippen LogP contribution in [-0.4, -0.2) is 25.7 Å². The highest BCUT2D eigenvalue weighted by Gasteiger charge is 2.15. The van der Waals surface area contributed by atoms with Crippen LogP contribution < -0.4 is 4.74 Å². The molecule has 104 valence electrons. The first kappa shape index (κ1) is 13.7. The smallest absolute Gasteiger partial charge is 0.270 e. The Morgan fingerprint density at radius 3 is 2.80 bits per heavy atom. The first-order chi connectivity index (χ1) is 9.47. The van der Waals surface area contributed by atoms with Gasteiger partial charge in [-0.15, -0.1) is 5.10 Å². The summed E-state index contributed by atoms with van der Waals surface area (Å²) in [5.74, 6) is -0.0170. The van der Waals surface area contributed by atoms with Crippen molar-refractivity contribution in [3.63, 3.8) is 0 Å². The maximum Gasteiger partial charge on any atom is 0.270 e. The van der Waals surface area contributed by atoms with Crippen LogP contribution >= 0.6 is 0 Å². The largest absolute Gasteiger partial charge is 0.486 e. The van der Waals surface area contributed by atoms with E-state index in [0.29, 0.717) is 5.69 Å². The van der Waals surface area contributed by atoms with Gasteiger partial charge in [-0.1, -0.05) is 5.21 Å². The Kier molecular flexibility index (Phi) is 3.74. The van der Waals surface area contributed by atoms with Crippen LogP contribution in [0.4, 0.5) is 5.69 Å². The number of benzene rings is 1. The van der Waals surface area contributed by atoms with Gasteiger partial charge in [0.1, 0.15) is 18.1 Å². The van der Waals surface area contributed by atoms with E-state index in [-0.39, 0.29) is 29.4 Å². The molecule has 1 aromatic heterocycles. The number of hydrogen-bond donors (Lipinski definition) is 0. The first-order valence-electron chi connectivity index (χ1n) is 5.74. The van der Waals surface area contributed by atoms with E-state index in [1.807, 2.05) is 0 Å². The van der Waals surface area contributed by atoms with Crippen LogP contribution in [0.15, 0.2) is 24.4 Å². The van der Waals surface area contributed by atoms with Gasteiger partial charge < -0.3 is 4.74 Å². The number of nitrogens with zero attached hydrogens (tertiary/aromatic N) is 4. The Labute approximate surface area is 114 Å². The Balaban J connectivity index is 2.22. The van der Waals surface area contributed by atoms with Gasteiger partial charge in [-0.25, -0.2) is 0 Å². The highest BCUT2D eigenvalue weighted by molar-refractivity contribution is 5.97. The number of ether oxygens (including phenoxy) is 1. The van der Waals surface area contributed by atoms with Gasteiger partial charge in [-0.2, -0.15) is 0 Å². The molecule has 8 nitrogen and oxygen atoms in total. The average molecular weight is 276 g/mol. The average Bonchev–Trinajstić information content (AvgIpc) is 2.81. The summed E-state index contributed by atoms with van der Waals surface area (Å²) < 4.78 is 7.00. The fourth-order valence-electron chi connectivity index (χ4n) is 1.65. The highest BCUT2D eigenvalue weighted by Crippen LogP contribution is 2.25. The van der Waals surface area contributed by atoms with Crippen molar-refractivity contribution >= 4 is 11.5 Å². The number of carbonyl (C=O) groups is 1. The molecule has 2 aromatic rings. The van der Waals surface area contributed by atoms with Gasteiger partial charge in [0.05, 0.1) is 16.7 Å². The van der Waals surface area contributed by atoms with Crippen LogP contribution in [0, 0.1) is 10.1 Å². The highest BCUT2D eigenvalue weighted by atomic mass is 16.6. The molecule has 0 spiro atoms. The lowest BCUT2D eigenvalue weighted by molar-refractivity contribution is -0.384. The van der Waals surface area contributed by atoms with Crippen molar-refractivity contribution in [2.24, 2.45) is 7.05 Å². The van der Waals surface area contributed by atoms with Gasteiger partial charge in [0.25, 0.3) is 5.69 Å². The molecule has 0 radical (unpaired) electrons. The molecule has 1 aromatic carbocycles. The van der Waals surface area contributed by atoms with Crippen LogP contribution in [-0.2, 0) is 13.7 Å². The van der Waals surface area contributed by atoms with Gasteiger partial charge >= 0.3 is 0 Å². The van der Waals surface area contributed by atoms with E-state index < -0.39 is 4.92 Å². The number of non-ortho nitro benzene ring substituents is 1. The Morgan fingerprint density at radius 2 is 2.25 bits per heavy atom. The predicted molar refractivity (Wildman–Crippen MR) is 68.4 cm³/mol. The standard InChI is InChI=1S/C12H12N4O4/c1-8(17)11-5-10(16(18)19)3-4-12(11)20-7-9-6-15(2)14-13-9/h3-6H,7H2,1-2H3. The molecule has 0 N–H and O–H groups in total. The van der Waals surface area contributed by atoms with E-state index in [2.05, 4.69) is 10.3 Å². The third-order valence-electron chi connectivity index (χ3n) is 2.58. The van der Waals surface area contributed by atoms with Gasteiger partial charge in [0.2, 0.25) is 0 Å². The van der Waals surface area contributed by atoms with Gasteiger partial charge in [-0.05, 0) is 13.0 Å². The normalized spacial score (nSPS) is 10.3. The minimum absolute atomic E-state index is 0.131. The predicted octanol–water partition coefficient (Wildman–Crippen LogP) is 1.50. The maximum absolute atomic E-state index is 11.5. The molecule has 0 amide bonds. The van der Waals surface area contributed by atoms with E-state index in [1.54, 1.807) is 13.2 Å². The molecule has 2 rings (SSSR count). The number of Topliss-reactive ketones (excluding diaryl/α,β-unsaturated/α-hetero) is 1. The summed E-state index contributed by atoms with van der Waals surface area (Å²) in [4.78, 5) is 21.7. The number of carbonyl (C=O) groups excluding carboxylic acids is 1. The summed E-state index contributed by atoms with van der Waals surface area (Å²) in [5.41, 5.74) is 0.616. The molecular formula is C12H12N4O4. The second kappa shape index (κ2) is 5.47. The SMILES string of the molecule is CC(=O)c1cc([N+](=O)[O-])ccc1OCc1cn(C)nn1. The Hall–Kier alpha value is -2.77. The lowest BCUT2D eigenvalue weighted by Gasteiger charge is -2.08. The minimum Gasteiger partial charge on any atom is -0.486 e.